The Kier molecular flexibility index (Phi) is 5.08. The standard InChI is InChI=1S/C20H22N2O4S/c1-12-16(13-6-4-3-5-7-13)19-22(14(11-27-19)20(24)25-2)18(23)17(12)15-10-21-8-9-26-15/h3-7,14-15,21H,8-11H2,1-2H3. The molecule has 1 saturated heterocycles. The molecule has 7 heteroatoms. The van der Waals surface area contributed by atoms with E-state index in [1.807, 2.05) is 37.3 Å². The molecule has 0 aliphatic carbocycles. The number of hydrogen-bond acceptors (Lipinski definition) is 6. The zero-order valence-corrected chi connectivity index (χ0v) is 16.2. The number of carbonyl (C=O) groups is 1. The van der Waals surface area contributed by atoms with Crippen LogP contribution >= 0.6 is 11.8 Å². The summed E-state index contributed by atoms with van der Waals surface area (Å²) in [7, 11) is 1.36. The lowest BCUT2D eigenvalue weighted by Crippen LogP contribution is -2.39. The third-order valence-corrected chi connectivity index (χ3v) is 6.29. The summed E-state index contributed by atoms with van der Waals surface area (Å²) >= 11 is 1.53. The van der Waals surface area contributed by atoms with E-state index in [-0.39, 0.29) is 17.6 Å². The third-order valence-electron chi connectivity index (χ3n) is 5.14. The Bertz CT molecular complexity index is 920. The van der Waals surface area contributed by atoms with Crippen molar-refractivity contribution >= 4 is 17.7 Å². The molecule has 1 aromatic heterocycles. The average molecular weight is 386 g/mol. The van der Waals surface area contributed by atoms with Crippen LogP contribution in [0.3, 0.4) is 0 Å². The van der Waals surface area contributed by atoms with Crippen molar-refractivity contribution in [2.75, 3.05) is 32.6 Å². The lowest BCUT2D eigenvalue weighted by atomic mass is 9.95. The molecule has 6 nitrogen and oxygen atoms in total. The summed E-state index contributed by atoms with van der Waals surface area (Å²) in [5.41, 5.74) is 3.42. The molecule has 2 aliphatic rings. The second-order valence-electron chi connectivity index (χ2n) is 6.67. The number of nitrogens with zero attached hydrogens (tertiary/aromatic N) is 1. The maximum atomic E-state index is 13.4. The van der Waals surface area contributed by atoms with Crippen molar-refractivity contribution in [1.29, 1.82) is 0 Å². The van der Waals surface area contributed by atoms with Crippen LogP contribution in [0.5, 0.6) is 0 Å². The number of pyridine rings is 1. The first-order valence-electron chi connectivity index (χ1n) is 9.00. The number of benzene rings is 1. The van der Waals surface area contributed by atoms with Crippen molar-refractivity contribution in [2.45, 2.75) is 24.1 Å². The molecule has 142 valence electrons. The molecule has 0 spiro atoms. The van der Waals surface area contributed by atoms with E-state index in [1.165, 1.54) is 18.9 Å². The summed E-state index contributed by atoms with van der Waals surface area (Å²) in [4.78, 5) is 25.7. The topological polar surface area (TPSA) is 69.6 Å². The minimum Gasteiger partial charge on any atom is -0.467 e. The van der Waals surface area contributed by atoms with E-state index >= 15 is 0 Å². The minimum atomic E-state index is -0.610. The zero-order chi connectivity index (χ0) is 19.0. The maximum absolute atomic E-state index is 13.4. The van der Waals surface area contributed by atoms with Crippen molar-refractivity contribution in [1.82, 2.24) is 9.88 Å². The zero-order valence-electron chi connectivity index (χ0n) is 15.4. The fourth-order valence-electron chi connectivity index (χ4n) is 3.84. The highest BCUT2D eigenvalue weighted by Gasteiger charge is 2.37. The minimum absolute atomic E-state index is 0.156. The van der Waals surface area contributed by atoms with Crippen molar-refractivity contribution in [3.05, 3.63) is 51.8 Å². The quantitative estimate of drug-likeness (QED) is 0.817. The molecule has 2 aliphatic heterocycles. The van der Waals surface area contributed by atoms with Gasteiger partial charge in [0.1, 0.15) is 12.1 Å². The number of hydrogen-bond donors (Lipinski definition) is 1. The molecule has 2 unspecified atom stereocenters. The molecule has 0 amide bonds. The maximum Gasteiger partial charge on any atom is 0.329 e. The van der Waals surface area contributed by atoms with Gasteiger partial charge < -0.3 is 14.8 Å². The van der Waals surface area contributed by atoms with Gasteiger partial charge in [-0.25, -0.2) is 4.79 Å². The second-order valence-corrected chi connectivity index (χ2v) is 7.68. The molecule has 0 bridgehead atoms. The van der Waals surface area contributed by atoms with Crippen molar-refractivity contribution < 1.29 is 14.3 Å². The lowest BCUT2D eigenvalue weighted by molar-refractivity contribution is -0.143. The number of aromatic nitrogens is 1. The number of nitrogens with one attached hydrogen (secondary N) is 1. The molecular weight excluding hydrogens is 364 g/mol. The Morgan fingerprint density at radius 3 is 2.78 bits per heavy atom. The number of fused-ring (bicyclic) bond motifs is 1. The Labute approximate surface area is 161 Å². The van der Waals surface area contributed by atoms with Gasteiger partial charge in [-0.1, -0.05) is 30.3 Å². The average Bonchev–Trinajstić information content (AvgIpc) is 3.14. The smallest absolute Gasteiger partial charge is 0.329 e. The SMILES string of the molecule is COC(=O)C1CSc2c(-c3ccccc3)c(C)c(C3CNCCO3)c(=O)n21. The van der Waals surface area contributed by atoms with Gasteiger partial charge in [-0.2, -0.15) is 0 Å². The molecule has 0 radical (unpaired) electrons. The third kappa shape index (κ3) is 3.09. The lowest BCUT2D eigenvalue weighted by Gasteiger charge is -2.27. The van der Waals surface area contributed by atoms with Crippen molar-refractivity contribution in [3.8, 4) is 11.1 Å². The molecule has 0 saturated carbocycles. The number of ether oxygens (including phenoxy) is 2. The van der Waals surface area contributed by atoms with Gasteiger partial charge in [0.25, 0.3) is 5.56 Å². The molecule has 2 atom stereocenters. The molecular formula is C20H22N2O4S. The number of carbonyl (C=O) groups excluding carboxylic acids is 1. The number of thioether (sulfide) groups is 1. The van der Waals surface area contributed by atoms with E-state index in [1.54, 1.807) is 4.57 Å². The summed E-state index contributed by atoms with van der Waals surface area (Å²) in [6, 6.07) is 9.38. The summed E-state index contributed by atoms with van der Waals surface area (Å²) < 4.78 is 12.5. The van der Waals surface area contributed by atoms with E-state index in [0.29, 0.717) is 24.5 Å². The van der Waals surface area contributed by atoms with E-state index in [2.05, 4.69) is 5.32 Å². The van der Waals surface area contributed by atoms with Crippen LogP contribution in [0.15, 0.2) is 40.2 Å². The van der Waals surface area contributed by atoms with Gasteiger partial charge in [0.15, 0.2) is 0 Å². The summed E-state index contributed by atoms with van der Waals surface area (Å²) in [6.07, 6.45) is -0.324. The van der Waals surface area contributed by atoms with Crippen LogP contribution < -0.4 is 10.9 Å². The van der Waals surface area contributed by atoms with Gasteiger partial charge in [-0.15, -0.1) is 11.8 Å². The van der Waals surface area contributed by atoms with Crippen molar-refractivity contribution in [3.63, 3.8) is 0 Å². The van der Waals surface area contributed by atoms with Crippen LogP contribution in [0.2, 0.25) is 0 Å². The van der Waals surface area contributed by atoms with Gasteiger partial charge in [0, 0.05) is 24.4 Å². The molecule has 2 aromatic rings. The van der Waals surface area contributed by atoms with Gasteiger partial charge in [-0.05, 0) is 18.1 Å². The van der Waals surface area contributed by atoms with Crippen LogP contribution in [0, 0.1) is 6.92 Å². The Balaban J connectivity index is 1.98. The van der Waals surface area contributed by atoms with Crippen LogP contribution in [0.25, 0.3) is 11.1 Å². The predicted octanol–water partition coefficient (Wildman–Crippen LogP) is 2.30. The van der Waals surface area contributed by atoms with Crippen molar-refractivity contribution in [2.24, 2.45) is 0 Å². The number of esters is 1. The molecule has 3 heterocycles. The Morgan fingerprint density at radius 1 is 1.33 bits per heavy atom. The molecule has 1 N–H and O–H groups in total. The highest BCUT2D eigenvalue weighted by atomic mass is 32.2. The van der Waals surface area contributed by atoms with Crippen LogP contribution in [-0.2, 0) is 14.3 Å². The van der Waals surface area contributed by atoms with E-state index in [9.17, 15) is 9.59 Å². The highest BCUT2D eigenvalue weighted by molar-refractivity contribution is 7.99. The monoisotopic (exact) mass is 386 g/mol. The molecule has 27 heavy (non-hydrogen) atoms. The van der Waals surface area contributed by atoms with Gasteiger partial charge >= 0.3 is 5.97 Å². The largest absolute Gasteiger partial charge is 0.467 e. The first-order chi connectivity index (χ1) is 13.1. The molecule has 4 rings (SSSR count). The second kappa shape index (κ2) is 7.50. The fraction of sp³-hybridized carbons (Fsp3) is 0.400. The first-order valence-corrected chi connectivity index (χ1v) is 9.99. The van der Waals surface area contributed by atoms with E-state index < -0.39 is 6.04 Å². The fourth-order valence-corrected chi connectivity index (χ4v) is 5.20. The van der Waals surface area contributed by atoms with Crippen LogP contribution in [0.1, 0.15) is 23.3 Å². The highest BCUT2D eigenvalue weighted by Crippen LogP contribution is 2.42. The van der Waals surface area contributed by atoms with Gasteiger partial charge in [-0.3, -0.25) is 9.36 Å². The number of rotatable bonds is 3. The van der Waals surface area contributed by atoms with Gasteiger partial charge in [0.05, 0.1) is 24.3 Å². The number of morpholine rings is 1. The first kappa shape index (κ1) is 18.3. The summed E-state index contributed by atoms with van der Waals surface area (Å²) in [5, 5.41) is 4.12. The van der Waals surface area contributed by atoms with Crippen LogP contribution in [0.4, 0.5) is 0 Å². The Morgan fingerprint density at radius 2 is 2.11 bits per heavy atom. The van der Waals surface area contributed by atoms with E-state index in [0.717, 1.165) is 28.3 Å². The Hall–Kier alpha value is -2.09. The predicted molar refractivity (Wildman–Crippen MR) is 104 cm³/mol. The van der Waals surface area contributed by atoms with Gasteiger partial charge in [0.2, 0.25) is 0 Å². The summed E-state index contributed by atoms with van der Waals surface area (Å²) in [6.45, 7) is 3.89. The normalized spacial score (nSPS) is 21.7. The molecule has 1 aromatic carbocycles. The summed E-state index contributed by atoms with van der Waals surface area (Å²) in [5.74, 6) is 0.105. The number of methoxy groups -OCH3 is 1. The van der Waals surface area contributed by atoms with Crippen LogP contribution in [-0.4, -0.2) is 43.1 Å². The van der Waals surface area contributed by atoms with E-state index in [4.69, 9.17) is 9.47 Å². The molecule has 1 fully saturated rings.